The van der Waals surface area contributed by atoms with Crippen LogP contribution in [-0.2, 0) is 0 Å². The van der Waals surface area contributed by atoms with Gasteiger partial charge in [0.1, 0.15) is 0 Å². The Bertz CT molecular complexity index is 483. The largest absolute Gasteiger partial charge is 0.334 e. The number of nitrogens with zero attached hydrogens (tertiary/aromatic N) is 1. The summed E-state index contributed by atoms with van der Waals surface area (Å²) in [5.41, 5.74) is 3.12. The molecule has 3 nitrogen and oxygen atoms in total. The van der Waals surface area contributed by atoms with E-state index in [4.69, 9.17) is 0 Å². The van der Waals surface area contributed by atoms with Crippen molar-refractivity contribution in [1.29, 1.82) is 0 Å². The Labute approximate surface area is 108 Å². The molecule has 3 heteroatoms. The van der Waals surface area contributed by atoms with Gasteiger partial charge in [-0.15, -0.1) is 0 Å². The summed E-state index contributed by atoms with van der Waals surface area (Å²) in [5, 5.41) is 3.39. The van der Waals surface area contributed by atoms with Crippen LogP contribution in [0, 0.1) is 19.8 Å². The molecule has 2 heterocycles. The Morgan fingerprint density at radius 1 is 1.33 bits per heavy atom. The van der Waals surface area contributed by atoms with Crippen molar-refractivity contribution in [2.75, 3.05) is 19.6 Å². The van der Waals surface area contributed by atoms with Gasteiger partial charge in [0, 0.05) is 31.2 Å². The molecule has 2 atom stereocenters. The van der Waals surface area contributed by atoms with E-state index in [1.165, 1.54) is 0 Å². The molecular formula is C15H20N2O. The molecule has 1 amide bonds. The van der Waals surface area contributed by atoms with E-state index in [1.54, 1.807) is 0 Å². The quantitative estimate of drug-likeness (QED) is 0.816. The topological polar surface area (TPSA) is 32.3 Å². The van der Waals surface area contributed by atoms with Gasteiger partial charge < -0.3 is 10.2 Å². The number of benzene rings is 1. The zero-order valence-corrected chi connectivity index (χ0v) is 11.1. The second-order valence-electron chi connectivity index (χ2n) is 5.59. The summed E-state index contributed by atoms with van der Waals surface area (Å²) < 4.78 is 0. The fourth-order valence-corrected chi connectivity index (χ4v) is 3.22. The minimum absolute atomic E-state index is 0.215. The minimum atomic E-state index is 0.215. The van der Waals surface area contributed by atoms with Gasteiger partial charge in [0.05, 0.1) is 0 Å². The number of carbonyl (C=O) groups is 1. The Morgan fingerprint density at radius 3 is 3.00 bits per heavy atom. The molecule has 0 unspecified atom stereocenters. The molecule has 0 aromatic heterocycles. The monoisotopic (exact) mass is 244 g/mol. The normalized spacial score (nSPS) is 26.4. The summed E-state index contributed by atoms with van der Waals surface area (Å²) in [6.45, 7) is 7.01. The van der Waals surface area contributed by atoms with E-state index < -0.39 is 0 Å². The van der Waals surface area contributed by atoms with Crippen molar-refractivity contribution in [2.45, 2.75) is 26.3 Å². The van der Waals surface area contributed by atoms with Crippen LogP contribution in [0.4, 0.5) is 0 Å². The van der Waals surface area contributed by atoms with E-state index >= 15 is 0 Å². The number of likely N-dealkylation sites (tertiary alicyclic amines) is 1. The van der Waals surface area contributed by atoms with E-state index in [0.717, 1.165) is 42.7 Å². The molecule has 1 aromatic carbocycles. The maximum absolute atomic E-state index is 12.7. The molecule has 18 heavy (non-hydrogen) atoms. The summed E-state index contributed by atoms with van der Waals surface area (Å²) in [6, 6.07) is 6.55. The molecular weight excluding hydrogens is 224 g/mol. The van der Waals surface area contributed by atoms with E-state index in [2.05, 4.69) is 16.3 Å². The Kier molecular flexibility index (Phi) is 2.86. The number of amides is 1. The molecule has 0 aliphatic carbocycles. The second kappa shape index (κ2) is 4.39. The highest BCUT2D eigenvalue weighted by Gasteiger charge is 2.40. The first-order chi connectivity index (χ1) is 8.66. The van der Waals surface area contributed by atoms with Gasteiger partial charge in [-0.25, -0.2) is 0 Å². The van der Waals surface area contributed by atoms with Crippen LogP contribution >= 0.6 is 0 Å². The summed E-state index contributed by atoms with van der Waals surface area (Å²) in [6.07, 6.45) is 1.15. The first-order valence-corrected chi connectivity index (χ1v) is 6.76. The number of fused-ring (bicyclic) bond motifs is 1. The third-order valence-corrected chi connectivity index (χ3v) is 4.33. The fourth-order valence-electron chi connectivity index (χ4n) is 3.22. The number of hydrogen-bond donors (Lipinski definition) is 1. The van der Waals surface area contributed by atoms with Gasteiger partial charge in [-0.2, -0.15) is 0 Å². The highest BCUT2D eigenvalue weighted by Crippen LogP contribution is 2.29. The lowest BCUT2D eigenvalue weighted by atomic mass is 10.0. The van der Waals surface area contributed by atoms with Crippen LogP contribution in [0.1, 0.15) is 27.9 Å². The van der Waals surface area contributed by atoms with Gasteiger partial charge in [-0.1, -0.05) is 17.7 Å². The van der Waals surface area contributed by atoms with E-state index in [9.17, 15) is 4.79 Å². The first kappa shape index (κ1) is 11.7. The van der Waals surface area contributed by atoms with Crippen molar-refractivity contribution in [3.05, 3.63) is 34.9 Å². The van der Waals surface area contributed by atoms with Crippen LogP contribution in [-0.4, -0.2) is 36.5 Å². The van der Waals surface area contributed by atoms with E-state index in [-0.39, 0.29) is 5.91 Å². The lowest BCUT2D eigenvalue weighted by Crippen LogP contribution is -2.39. The summed E-state index contributed by atoms with van der Waals surface area (Å²) in [5.74, 6) is 0.881. The molecule has 2 saturated heterocycles. The third-order valence-electron chi connectivity index (χ3n) is 4.33. The molecule has 0 spiro atoms. The van der Waals surface area contributed by atoms with Crippen LogP contribution in [0.5, 0.6) is 0 Å². The van der Waals surface area contributed by atoms with Crippen LogP contribution in [0.2, 0.25) is 0 Å². The molecule has 1 N–H and O–H groups in total. The zero-order valence-electron chi connectivity index (χ0n) is 11.1. The van der Waals surface area contributed by atoms with Crippen molar-refractivity contribution in [3.63, 3.8) is 0 Å². The summed E-state index contributed by atoms with van der Waals surface area (Å²) >= 11 is 0. The predicted octanol–water partition coefficient (Wildman–Crippen LogP) is 1.74. The first-order valence-electron chi connectivity index (χ1n) is 6.76. The Balaban J connectivity index is 1.88. The molecule has 2 fully saturated rings. The van der Waals surface area contributed by atoms with Crippen molar-refractivity contribution >= 4 is 5.91 Å². The fraction of sp³-hybridized carbons (Fsp3) is 0.533. The average Bonchev–Trinajstić information content (AvgIpc) is 2.93. The number of carbonyl (C=O) groups excluding carboxylic acids is 1. The van der Waals surface area contributed by atoms with Gasteiger partial charge in [0.2, 0.25) is 0 Å². The van der Waals surface area contributed by atoms with Gasteiger partial charge in [0.15, 0.2) is 0 Å². The van der Waals surface area contributed by atoms with Gasteiger partial charge in [0.25, 0.3) is 5.91 Å². The SMILES string of the molecule is Cc1ccc(C)c(C(=O)N2CC[C@@H]3CNC[C@@H]32)c1. The molecule has 0 radical (unpaired) electrons. The third kappa shape index (κ3) is 1.83. The molecule has 1 aromatic rings. The molecule has 2 aliphatic heterocycles. The number of aryl methyl sites for hydroxylation is 2. The zero-order chi connectivity index (χ0) is 12.7. The lowest BCUT2D eigenvalue weighted by Gasteiger charge is -2.24. The van der Waals surface area contributed by atoms with Gasteiger partial charge >= 0.3 is 0 Å². The minimum Gasteiger partial charge on any atom is -0.334 e. The van der Waals surface area contributed by atoms with E-state index in [1.807, 2.05) is 26.0 Å². The predicted molar refractivity (Wildman–Crippen MR) is 71.7 cm³/mol. The van der Waals surface area contributed by atoms with E-state index in [0.29, 0.717) is 12.0 Å². The molecule has 3 rings (SSSR count). The van der Waals surface area contributed by atoms with Gasteiger partial charge in [-0.05, 0) is 37.8 Å². The Morgan fingerprint density at radius 2 is 2.17 bits per heavy atom. The number of hydrogen-bond acceptors (Lipinski definition) is 2. The van der Waals surface area contributed by atoms with Gasteiger partial charge in [-0.3, -0.25) is 4.79 Å². The maximum atomic E-state index is 12.7. The van der Waals surface area contributed by atoms with Crippen LogP contribution < -0.4 is 5.32 Å². The molecule has 0 bridgehead atoms. The van der Waals surface area contributed by atoms with Crippen molar-refractivity contribution in [2.24, 2.45) is 5.92 Å². The van der Waals surface area contributed by atoms with Crippen molar-refractivity contribution in [1.82, 2.24) is 10.2 Å². The second-order valence-corrected chi connectivity index (χ2v) is 5.59. The summed E-state index contributed by atoms with van der Waals surface area (Å²) in [7, 11) is 0. The lowest BCUT2D eigenvalue weighted by molar-refractivity contribution is 0.0736. The van der Waals surface area contributed by atoms with Crippen molar-refractivity contribution < 1.29 is 4.79 Å². The molecule has 0 saturated carbocycles. The standard InChI is InChI=1S/C15H20N2O/c1-10-3-4-11(2)13(7-10)15(18)17-6-5-12-8-16-9-14(12)17/h3-4,7,12,14,16H,5-6,8-9H2,1-2H3/t12-,14+/m1/s1. The van der Waals surface area contributed by atoms with Crippen LogP contribution in [0.3, 0.4) is 0 Å². The van der Waals surface area contributed by atoms with Crippen LogP contribution in [0.25, 0.3) is 0 Å². The molecule has 2 aliphatic rings. The Hall–Kier alpha value is -1.35. The highest BCUT2D eigenvalue weighted by molar-refractivity contribution is 5.96. The maximum Gasteiger partial charge on any atom is 0.254 e. The molecule has 96 valence electrons. The number of nitrogens with one attached hydrogen (secondary N) is 1. The van der Waals surface area contributed by atoms with Crippen molar-refractivity contribution in [3.8, 4) is 0 Å². The smallest absolute Gasteiger partial charge is 0.254 e. The van der Waals surface area contributed by atoms with Crippen LogP contribution in [0.15, 0.2) is 18.2 Å². The highest BCUT2D eigenvalue weighted by atomic mass is 16.2. The number of rotatable bonds is 1. The summed E-state index contributed by atoms with van der Waals surface area (Å²) in [4.78, 5) is 14.7. The average molecular weight is 244 g/mol.